The van der Waals surface area contributed by atoms with Gasteiger partial charge in [-0.2, -0.15) is 0 Å². The number of para-hydroxylation sites is 1. The summed E-state index contributed by atoms with van der Waals surface area (Å²) in [5.41, 5.74) is 2.96. The number of anilines is 1. The van der Waals surface area contributed by atoms with Crippen LogP contribution >= 0.6 is 0 Å². The monoisotopic (exact) mass is 286 g/mol. The Hall–Kier alpha value is -1.02. The van der Waals surface area contributed by atoms with Crippen LogP contribution < -0.4 is 10.2 Å². The van der Waals surface area contributed by atoms with E-state index in [1.807, 2.05) is 0 Å². The molecular weight excluding hydrogens is 256 g/mol. The van der Waals surface area contributed by atoms with Crippen LogP contribution in [0.15, 0.2) is 24.3 Å². The highest BCUT2D eigenvalue weighted by Crippen LogP contribution is 2.35. The van der Waals surface area contributed by atoms with Crippen molar-refractivity contribution in [1.82, 2.24) is 5.32 Å². The normalized spacial score (nSPS) is 22.0. The molecule has 3 rings (SSSR count). The molecule has 1 saturated carbocycles. The molecule has 116 valence electrons. The largest absolute Gasteiger partial charge is 0.370 e. The molecule has 1 unspecified atom stereocenters. The van der Waals surface area contributed by atoms with Gasteiger partial charge < -0.3 is 10.2 Å². The van der Waals surface area contributed by atoms with Crippen LogP contribution in [0.2, 0.25) is 0 Å². The van der Waals surface area contributed by atoms with Crippen molar-refractivity contribution in [2.24, 2.45) is 5.92 Å². The zero-order valence-electron chi connectivity index (χ0n) is 13.5. The molecule has 0 radical (unpaired) electrons. The highest BCUT2D eigenvalue weighted by Gasteiger charge is 2.33. The van der Waals surface area contributed by atoms with Gasteiger partial charge in [0.1, 0.15) is 0 Å². The van der Waals surface area contributed by atoms with Gasteiger partial charge in [0.15, 0.2) is 0 Å². The molecule has 0 aromatic heterocycles. The summed E-state index contributed by atoms with van der Waals surface area (Å²) in [6, 6.07) is 9.69. The zero-order valence-corrected chi connectivity index (χ0v) is 13.5. The molecule has 2 aliphatic rings. The minimum absolute atomic E-state index is 0.702. The zero-order chi connectivity index (χ0) is 14.5. The van der Waals surface area contributed by atoms with Gasteiger partial charge in [-0.05, 0) is 36.8 Å². The number of nitrogens with one attached hydrogen (secondary N) is 1. The van der Waals surface area contributed by atoms with Crippen molar-refractivity contribution in [2.75, 3.05) is 18.0 Å². The molecule has 0 bridgehead atoms. The van der Waals surface area contributed by atoms with E-state index in [-0.39, 0.29) is 0 Å². The van der Waals surface area contributed by atoms with Crippen molar-refractivity contribution in [2.45, 2.75) is 64.5 Å². The lowest BCUT2D eigenvalue weighted by atomic mass is 10.1. The third-order valence-electron chi connectivity index (χ3n) is 5.03. The number of benzene rings is 1. The Labute approximate surface area is 129 Å². The van der Waals surface area contributed by atoms with Gasteiger partial charge in [-0.3, -0.25) is 0 Å². The Morgan fingerprint density at radius 1 is 1.10 bits per heavy atom. The lowest BCUT2D eigenvalue weighted by molar-refractivity contribution is 0.464. The molecule has 2 nitrogen and oxygen atoms in total. The third-order valence-corrected chi connectivity index (χ3v) is 5.03. The van der Waals surface area contributed by atoms with Crippen LogP contribution in [0.5, 0.6) is 0 Å². The van der Waals surface area contributed by atoms with E-state index in [9.17, 15) is 0 Å². The Morgan fingerprint density at radius 3 is 2.71 bits per heavy atom. The SMILES string of the molecule is CCCCCCCN1CC(C2CC2)NCc2ccccc21. The average Bonchev–Trinajstić information content (AvgIpc) is 3.34. The number of hydrogen-bond donors (Lipinski definition) is 1. The molecule has 0 amide bonds. The van der Waals surface area contributed by atoms with Crippen LogP contribution in [0.4, 0.5) is 5.69 Å². The average molecular weight is 286 g/mol. The Kier molecular flexibility index (Phi) is 5.18. The molecule has 1 fully saturated rings. The first kappa shape index (κ1) is 14.9. The molecule has 2 heteroatoms. The first-order chi connectivity index (χ1) is 10.4. The van der Waals surface area contributed by atoms with Gasteiger partial charge in [0.05, 0.1) is 0 Å². The second kappa shape index (κ2) is 7.31. The second-order valence-electron chi connectivity index (χ2n) is 6.81. The van der Waals surface area contributed by atoms with Crippen molar-refractivity contribution >= 4 is 5.69 Å². The van der Waals surface area contributed by atoms with Crippen LogP contribution in [0.3, 0.4) is 0 Å². The molecule has 1 aliphatic heterocycles. The first-order valence-electron chi connectivity index (χ1n) is 8.94. The summed E-state index contributed by atoms with van der Waals surface area (Å²) in [6.45, 7) is 5.77. The second-order valence-corrected chi connectivity index (χ2v) is 6.81. The van der Waals surface area contributed by atoms with Crippen LogP contribution in [-0.2, 0) is 6.54 Å². The van der Waals surface area contributed by atoms with Gasteiger partial charge in [0.2, 0.25) is 0 Å². The van der Waals surface area contributed by atoms with Gasteiger partial charge in [0.25, 0.3) is 0 Å². The van der Waals surface area contributed by atoms with E-state index in [0.717, 1.165) is 12.5 Å². The van der Waals surface area contributed by atoms with E-state index in [1.165, 1.54) is 69.3 Å². The molecule has 0 spiro atoms. The third kappa shape index (κ3) is 4.00. The predicted molar refractivity (Wildman–Crippen MR) is 90.8 cm³/mol. The molecule has 1 aromatic carbocycles. The standard InChI is InChI=1S/C19H30N2/c1-2-3-4-5-8-13-21-15-18(16-11-12-16)20-14-17-9-6-7-10-19(17)21/h6-7,9-10,16,18,20H,2-5,8,11-15H2,1H3. The van der Waals surface area contributed by atoms with E-state index >= 15 is 0 Å². The molecule has 0 saturated heterocycles. The highest BCUT2D eigenvalue weighted by atomic mass is 15.2. The molecule has 1 N–H and O–H groups in total. The Morgan fingerprint density at radius 2 is 1.90 bits per heavy atom. The fraction of sp³-hybridized carbons (Fsp3) is 0.684. The highest BCUT2D eigenvalue weighted by molar-refractivity contribution is 5.54. The van der Waals surface area contributed by atoms with E-state index in [4.69, 9.17) is 0 Å². The Balaban J connectivity index is 1.62. The van der Waals surface area contributed by atoms with Gasteiger partial charge >= 0.3 is 0 Å². The minimum Gasteiger partial charge on any atom is -0.370 e. The van der Waals surface area contributed by atoms with Crippen molar-refractivity contribution < 1.29 is 0 Å². The van der Waals surface area contributed by atoms with Crippen molar-refractivity contribution in [1.29, 1.82) is 0 Å². The number of rotatable bonds is 7. The van der Waals surface area contributed by atoms with E-state index in [1.54, 1.807) is 0 Å². The summed E-state index contributed by atoms with van der Waals surface area (Å²) in [6.07, 6.45) is 9.70. The lowest BCUT2D eigenvalue weighted by Crippen LogP contribution is -2.40. The number of fused-ring (bicyclic) bond motifs is 1. The van der Waals surface area contributed by atoms with Crippen LogP contribution in [0.1, 0.15) is 57.4 Å². The summed E-state index contributed by atoms with van der Waals surface area (Å²) in [5.74, 6) is 0.932. The van der Waals surface area contributed by atoms with Gasteiger partial charge in [0, 0.05) is 31.4 Å². The first-order valence-corrected chi connectivity index (χ1v) is 8.94. The summed E-state index contributed by atoms with van der Waals surface area (Å²) in [7, 11) is 0. The quantitative estimate of drug-likeness (QED) is 0.750. The minimum atomic E-state index is 0.702. The fourth-order valence-electron chi connectivity index (χ4n) is 3.54. The number of unbranched alkanes of at least 4 members (excludes halogenated alkanes) is 4. The molecule has 1 atom stereocenters. The summed E-state index contributed by atoms with van der Waals surface area (Å²) in [5, 5.41) is 3.80. The maximum absolute atomic E-state index is 3.80. The van der Waals surface area contributed by atoms with Crippen molar-refractivity contribution in [3.63, 3.8) is 0 Å². The summed E-state index contributed by atoms with van der Waals surface area (Å²) < 4.78 is 0. The smallest absolute Gasteiger partial charge is 0.0412 e. The number of hydrogen-bond acceptors (Lipinski definition) is 2. The molecule has 21 heavy (non-hydrogen) atoms. The fourth-order valence-corrected chi connectivity index (χ4v) is 3.54. The molecule has 1 aliphatic carbocycles. The van der Waals surface area contributed by atoms with Crippen molar-refractivity contribution in [3.05, 3.63) is 29.8 Å². The van der Waals surface area contributed by atoms with Gasteiger partial charge in [-0.25, -0.2) is 0 Å². The van der Waals surface area contributed by atoms with Gasteiger partial charge in [-0.1, -0.05) is 50.8 Å². The van der Waals surface area contributed by atoms with E-state index < -0.39 is 0 Å². The molecular formula is C19H30N2. The Bertz CT molecular complexity index is 439. The maximum Gasteiger partial charge on any atom is 0.0412 e. The predicted octanol–water partition coefficient (Wildman–Crippen LogP) is 4.35. The number of nitrogens with zero attached hydrogens (tertiary/aromatic N) is 1. The van der Waals surface area contributed by atoms with Crippen LogP contribution in [0.25, 0.3) is 0 Å². The van der Waals surface area contributed by atoms with Crippen molar-refractivity contribution in [3.8, 4) is 0 Å². The maximum atomic E-state index is 3.80. The van der Waals surface area contributed by atoms with Crippen LogP contribution in [-0.4, -0.2) is 19.1 Å². The summed E-state index contributed by atoms with van der Waals surface area (Å²) >= 11 is 0. The van der Waals surface area contributed by atoms with Crippen LogP contribution in [0, 0.1) is 5.92 Å². The topological polar surface area (TPSA) is 15.3 Å². The molecule has 1 heterocycles. The summed E-state index contributed by atoms with van der Waals surface area (Å²) in [4.78, 5) is 2.66. The molecule has 1 aromatic rings. The van der Waals surface area contributed by atoms with E-state index in [2.05, 4.69) is 41.4 Å². The lowest BCUT2D eigenvalue weighted by Gasteiger charge is -2.28. The van der Waals surface area contributed by atoms with Gasteiger partial charge in [-0.15, -0.1) is 0 Å². The van der Waals surface area contributed by atoms with E-state index in [0.29, 0.717) is 6.04 Å².